The number of amides is 1. The van der Waals surface area contributed by atoms with Crippen LogP contribution in [0.1, 0.15) is 19.4 Å². The predicted molar refractivity (Wildman–Crippen MR) is 85.3 cm³/mol. The highest BCUT2D eigenvalue weighted by Gasteiger charge is 2.21. The normalized spacial score (nSPS) is 12.8. The third-order valence-corrected chi connectivity index (χ3v) is 5.67. The lowest BCUT2D eigenvalue weighted by Crippen LogP contribution is -2.23. The molecule has 0 atom stereocenters. The summed E-state index contributed by atoms with van der Waals surface area (Å²) in [7, 11) is -4.06. The summed E-state index contributed by atoms with van der Waals surface area (Å²) in [4.78, 5) is 27.1. The fourth-order valence-electron chi connectivity index (χ4n) is 1.97. The maximum Gasteiger partial charge on any atom is 0.264 e. The van der Waals surface area contributed by atoms with Gasteiger partial charge in [-0.3, -0.25) is 9.59 Å². The number of aryl methyl sites for hydroxylation is 2. The van der Waals surface area contributed by atoms with Crippen LogP contribution in [0.2, 0.25) is 0 Å². The van der Waals surface area contributed by atoms with Crippen LogP contribution in [-0.4, -0.2) is 29.8 Å². The van der Waals surface area contributed by atoms with E-state index in [1.165, 1.54) is 11.3 Å². The predicted octanol–water partition coefficient (Wildman–Crippen LogP) is 1.42. The molecule has 0 aliphatic heterocycles. The van der Waals surface area contributed by atoms with Crippen LogP contribution in [0.5, 0.6) is 0 Å². The molecule has 0 fully saturated rings. The van der Waals surface area contributed by atoms with Gasteiger partial charge in [0.2, 0.25) is 15.0 Å². The van der Waals surface area contributed by atoms with E-state index in [0.29, 0.717) is 11.3 Å². The number of rotatable bonds is 3. The zero-order chi connectivity index (χ0) is 16.5. The molecule has 1 aromatic heterocycles. The maximum atomic E-state index is 11.8. The molecule has 0 aliphatic carbocycles. The minimum Gasteiger partial charge on any atom is -0.317 e. The second-order valence-electron chi connectivity index (χ2n) is 4.86. The Morgan fingerprint density at radius 3 is 2.59 bits per heavy atom. The fraction of sp³-hybridized carbons (Fsp3) is 0.357. The number of nitrogens with zero attached hydrogens (tertiary/aromatic N) is 2. The lowest BCUT2D eigenvalue weighted by molar-refractivity contribution is -0.116. The van der Waals surface area contributed by atoms with E-state index in [1.54, 1.807) is 0 Å². The molecule has 1 heterocycles. The van der Waals surface area contributed by atoms with Gasteiger partial charge in [0.05, 0.1) is 10.2 Å². The molecular weight excluding hydrogens is 324 g/mol. The third kappa shape index (κ3) is 3.33. The molecule has 8 heteroatoms. The second kappa shape index (κ2) is 6.13. The number of fused-ring (bicyclic) bond motifs is 1. The van der Waals surface area contributed by atoms with Crippen LogP contribution in [0.25, 0.3) is 10.2 Å². The Hall–Kier alpha value is -1.80. The van der Waals surface area contributed by atoms with Gasteiger partial charge in [-0.25, -0.2) is 8.42 Å². The highest BCUT2D eigenvalue weighted by Crippen LogP contribution is 2.18. The minimum atomic E-state index is -4.06. The Morgan fingerprint density at radius 1 is 1.32 bits per heavy atom. The van der Waals surface area contributed by atoms with Crippen molar-refractivity contribution < 1.29 is 18.0 Å². The summed E-state index contributed by atoms with van der Waals surface area (Å²) in [6.07, 6.45) is 0. The molecule has 1 amide bonds. The van der Waals surface area contributed by atoms with Crippen molar-refractivity contribution in [1.29, 1.82) is 0 Å². The molecule has 0 unspecified atom stereocenters. The van der Waals surface area contributed by atoms with E-state index in [2.05, 4.69) is 4.99 Å². The van der Waals surface area contributed by atoms with Crippen molar-refractivity contribution in [2.45, 2.75) is 27.3 Å². The minimum absolute atomic E-state index is 0.437. The molecule has 0 aliphatic rings. The molecule has 0 N–H and O–H groups in total. The van der Waals surface area contributed by atoms with Crippen molar-refractivity contribution in [2.75, 3.05) is 5.75 Å². The summed E-state index contributed by atoms with van der Waals surface area (Å²) in [6.45, 7) is 5.42. The fourth-order valence-corrected chi connectivity index (χ4v) is 3.78. The number of carbonyl (C=O) groups excluding carboxylic acids is 2. The van der Waals surface area contributed by atoms with E-state index in [4.69, 9.17) is 0 Å². The van der Waals surface area contributed by atoms with Gasteiger partial charge >= 0.3 is 0 Å². The number of thiazole rings is 1. The Labute approximate surface area is 132 Å². The first-order valence-electron chi connectivity index (χ1n) is 6.65. The highest BCUT2D eigenvalue weighted by molar-refractivity contribution is 8.06. The zero-order valence-corrected chi connectivity index (χ0v) is 14.1. The summed E-state index contributed by atoms with van der Waals surface area (Å²) in [5.41, 5.74) is 2.04. The first-order valence-corrected chi connectivity index (χ1v) is 9.12. The van der Waals surface area contributed by atoms with E-state index >= 15 is 0 Å². The van der Waals surface area contributed by atoms with Gasteiger partial charge < -0.3 is 4.57 Å². The molecule has 0 spiro atoms. The number of hydrogen-bond donors (Lipinski definition) is 0. The number of sulfone groups is 1. The first kappa shape index (κ1) is 16.6. The molecule has 2 aromatic rings. The van der Waals surface area contributed by atoms with Gasteiger partial charge in [0.15, 0.2) is 4.80 Å². The summed E-state index contributed by atoms with van der Waals surface area (Å²) < 4.78 is 25.8. The SMILES string of the molecule is CCn1c(=NC(=O)CS(=O)(=O)C(C)=O)sc2cc(C)ccc21. The van der Waals surface area contributed by atoms with Gasteiger partial charge in [0.25, 0.3) is 5.91 Å². The average molecular weight is 340 g/mol. The quantitative estimate of drug-likeness (QED) is 0.846. The van der Waals surface area contributed by atoms with Crippen LogP contribution < -0.4 is 4.80 Å². The number of aromatic nitrogens is 1. The number of hydrogen-bond acceptors (Lipinski definition) is 5. The highest BCUT2D eigenvalue weighted by atomic mass is 32.2. The van der Waals surface area contributed by atoms with Gasteiger partial charge in [0, 0.05) is 13.5 Å². The van der Waals surface area contributed by atoms with E-state index in [0.717, 1.165) is 22.7 Å². The van der Waals surface area contributed by atoms with Crippen molar-refractivity contribution in [2.24, 2.45) is 4.99 Å². The molecule has 0 saturated heterocycles. The van der Waals surface area contributed by atoms with Crippen LogP contribution in [0, 0.1) is 6.92 Å². The van der Waals surface area contributed by atoms with Gasteiger partial charge in [-0.05, 0) is 31.5 Å². The van der Waals surface area contributed by atoms with Crippen molar-refractivity contribution in [3.05, 3.63) is 28.6 Å². The van der Waals surface area contributed by atoms with Crippen molar-refractivity contribution >= 4 is 42.4 Å². The molecular formula is C14H16N2O4S2. The van der Waals surface area contributed by atoms with E-state index < -0.39 is 26.6 Å². The maximum absolute atomic E-state index is 11.8. The largest absolute Gasteiger partial charge is 0.317 e. The topological polar surface area (TPSA) is 85.6 Å². The lowest BCUT2D eigenvalue weighted by Gasteiger charge is -2.00. The standard InChI is InChI=1S/C14H16N2O4S2/c1-4-16-11-6-5-9(2)7-12(11)21-14(16)15-13(18)8-22(19,20)10(3)17/h5-7H,4,8H2,1-3H3. The first-order chi connectivity index (χ1) is 10.2. The van der Waals surface area contributed by atoms with E-state index in [-0.39, 0.29) is 0 Å². The summed E-state index contributed by atoms with van der Waals surface area (Å²) >= 11 is 1.32. The summed E-state index contributed by atoms with van der Waals surface area (Å²) in [5.74, 6) is -1.72. The van der Waals surface area contributed by atoms with Crippen LogP contribution in [0.15, 0.2) is 23.2 Å². The Balaban J connectivity index is 2.50. The summed E-state index contributed by atoms with van der Waals surface area (Å²) in [5, 5.41) is -1.02. The monoisotopic (exact) mass is 340 g/mol. The van der Waals surface area contributed by atoms with Crippen LogP contribution in [-0.2, 0) is 26.0 Å². The zero-order valence-electron chi connectivity index (χ0n) is 12.5. The van der Waals surface area contributed by atoms with Crippen molar-refractivity contribution in [3.63, 3.8) is 0 Å². The van der Waals surface area contributed by atoms with Crippen LogP contribution in [0.3, 0.4) is 0 Å². The molecule has 6 nitrogen and oxygen atoms in total. The van der Waals surface area contributed by atoms with Gasteiger partial charge in [-0.2, -0.15) is 4.99 Å². The van der Waals surface area contributed by atoms with E-state index in [1.807, 2.05) is 36.6 Å². The van der Waals surface area contributed by atoms with Gasteiger partial charge in [0.1, 0.15) is 5.75 Å². The van der Waals surface area contributed by atoms with Gasteiger partial charge in [-0.15, -0.1) is 0 Å². The van der Waals surface area contributed by atoms with E-state index in [9.17, 15) is 18.0 Å². The van der Waals surface area contributed by atoms with Crippen molar-refractivity contribution in [3.8, 4) is 0 Å². The molecule has 1 aromatic carbocycles. The van der Waals surface area contributed by atoms with Crippen LogP contribution >= 0.6 is 11.3 Å². The smallest absolute Gasteiger partial charge is 0.264 e. The molecule has 2 rings (SSSR count). The Kier molecular flexibility index (Phi) is 4.62. The Morgan fingerprint density at radius 2 is 2.00 bits per heavy atom. The van der Waals surface area contributed by atoms with Crippen molar-refractivity contribution in [1.82, 2.24) is 4.57 Å². The second-order valence-corrected chi connectivity index (χ2v) is 7.96. The van der Waals surface area contributed by atoms with Crippen LogP contribution in [0.4, 0.5) is 0 Å². The molecule has 118 valence electrons. The Bertz CT molecular complexity index is 920. The third-order valence-electron chi connectivity index (χ3n) is 3.13. The molecule has 0 saturated carbocycles. The molecule has 0 bridgehead atoms. The van der Waals surface area contributed by atoms with Gasteiger partial charge in [-0.1, -0.05) is 17.4 Å². The molecule has 0 radical (unpaired) electrons. The number of carbonyl (C=O) groups is 2. The lowest BCUT2D eigenvalue weighted by atomic mass is 10.2. The average Bonchev–Trinajstić information content (AvgIpc) is 2.73. The summed E-state index contributed by atoms with van der Waals surface area (Å²) in [6, 6.07) is 5.90. The number of benzene rings is 1. The molecule has 22 heavy (non-hydrogen) atoms.